The number of para-hydroxylation sites is 1. The molecule has 0 saturated heterocycles. The van der Waals surface area contributed by atoms with Crippen molar-refractivity contribution in [2.24, 2.45) is 5.92 Å². The lowest BCUT2D eigenvalue weighted by Crippen LogP contribution is -2.55. The number of halogens is 2. The number of carbonyl (C=O) groups is 3. The van der Waals surface area contributed by atoms with Gasteiger partial charge in [-0.1, -0.05) is 62.4 Å². The zero-order valence-electron chi connectivity index (χ0n) is 21.7. The lowest BCUT2D eigenvalue weighted by molar-refractivity contribution is -0.135. The highest BCUT2D eigenvalue weighted by atomic mass is 19.1. The number of hydrogen-bond donors (Lipinski definition) is 3. The van der Waals surface area contributed by atoms with Gasteiger partial charge < -0.3 is 20.6 Å². The van der Waals surface area contributed by atoms with Crippen molar-refractivity contribution in [1.82, 2.24) is 10.6 Å². The average Bonchev–Trinajstić information content (AvgIpc) is 3.01. The van der Waals surface area contributed by atoms with Gasteiger partial charge in [-0.15, -0.1) is 0 Å². The maximum Gasteiger partial charge on any atom is 0.254 e. The first-order valence-electron chi connectivity index (χ1n) is 12.5. The normalized spacial score (nSPS) is 16.6. The Labute approximate surface area is 225 Å². The van der Waals surface area contributed by atoms with E-state index < -0.39 is 47.6 Å². The van der Waals surface area contributed by atoms with Crippen LogP contribution in [0.4, 0.5) is 14.5 Å². The van der Waals surface area contributed by atoms with Gasteiger partial charge in [-0.25, -0.2) is 8.78 Å². The highest BCUT2D eigenvalue weighted by molar-refractivity contribution is 6.07. The van der Waals surface area contributed by atoms with Crippen LogP contribution in [-0.4, -0.2) is 42.0 Å². The van der Waals surface area contributed by atoms with Crippen molar-refractivity contribution in [2.45, 2.75) is 32.0 Å². The van der Waals surface area contributed by atoms with Crippen LogP contribution in [0.3, 0.4) is 0 Å². The standard InChI is InChI=1S/C30H29F2N3O4/c1-17(2)26(34-29(38)27(36)19-13-20(31)15-21(32)14-19)28(37)33-24-16-23(18-9-5-4-6-10-18)22-11-7-8-12-25(22)35(3)30(24)39/h4-17,24,26-27,36H,1-3H3,(H,33,37)(H,34,38). The fourth-order valence-electron chi connectivity index (χ4n) is 4.52. The van der Waals surface area contributed by atoms with Gasteiger partial charge in [0, 0.05) is 18.7 Å². The summed E-state index contributed by atoms with van der Waals surface area (Å²) in [5.41, 5.74) is 2.81. The van der Waals surface area contributed by atoms with Gasteiger partial charge in [-0.05, 0) is 46.9 Å². The second-order valence-corrected chi connectivity index (χ2v) is 9.68. The van der Waals surface area contributed by atoms with E-state index in [0.29, 0.717) is 11.8 Å². The van der Waals surface area contributed by atoms with Crippen LogP contribution in [0.15, 0.2) is 78.9 Å². The number of carbonyl (C=O) groups excluding carboxylic acids is 3. The molecule has 3 unspecified atom stereocenters. The zero-order valence-corrected chi connectivity index (χ0v) is 21.7. The van der Waals surface area contributed by atoms with Crippen LogP contribution in [0, 0.1) is 17.6 Å². The van der Waals surface area contributed by atoms with Gasteiger partial charge in [0.1, 0.15) is 23.7 Å². The molecule has 3 aromatic rings. The minimum absolute atomic E-state index is 0.290. The summed E-state index contributed by atoms with van der Waals surface area (Å²) in [4.78, 5) is 41.1. The van der Waals surface area contributed by atoms with Gasteiger partial charge in [-0.2, -0.15) is 0 Å². The molecule has 0 spiro atoms. The third-order valence-corrected chi connectivity index (χ3v) is 6.56. The number of fused-ring (bicyclic) bond motifs is 1. The van der Waals surface area contributed by atoms with E-state index >= 15 is 0 Å². The van der Waals surface area contributed by atoms with Crippen LogP contribution < -0.4 is 15.5 Å². The predicted molar refractivity (Wildman–Crippen MR) is 143 cm³/mol. The second-order valence-electron chi connectivity index (χ2n) is 9.68. The van der Waals surface area contributed by atoms with Gasteiger partial charge in [0.05, 0.1) is 5.69 Å². The van der Waals surface area contributed by atoms with Gasteiger partial charge in [0.15, 0.2) is 6.10 Å². The fraction of sp³-hybridized carbons (Fsp3) is 0.233. The molecule has 1 heterocycles. The molecule has 0 saturated carbocycles. The number of hydrogen-bond acceptors (Lipinski definition) is 4. The Balaban J connectivity index is 1.61. The molecule has 202 valence electrons. The molecule has 3 N–H and O–H groups in total. The van der Waals surface area contributed by atoms with E-state index in [-0.39, 0.29) is 11.5 Å². The topological polar surface area (TPSA) is 98.7 Å². The molecule has 7 nitrogen and oxygen atoms in total. The lowest BCUT2D eigenvalue weighted by Gasteiger charge is -2.26. The molecule has 3 aromatic carbocycles. The fourth-order valence-corrected chi connectivity index (χ4v) is 4.52. The number of nitrogens with one attached hydrogen (secondary N) is 2. The molecule has 39 heavy (non-hydrogen) atoms. The number of rotatable bonds is 7. The van der Waals surface area contributed by atoms with E-state index in [1.54, 1.807) is 27.0 Å². The van der Waals surface area contributed by atoms with Crippen molar-refractivity contribution in [2.75, 3.05) is 11.9 Å². The molecule has 1 aliphatic heterocycles. The summed E-state index contributed by atoms with van der Waals surface area (Å²) < 4.78 is 27.2. The molecule has 0 fully saturated rings. The van der Waals surface area contributed by atoms with E-state index in [1.165, 1.54) is 4.90 Å². The van der Waals surface area contributed by atoms with Gasteiger partial charge in [-0.3, -0.25) is 14.4 Å². The van der Waals surface area contributed by atoms with Crippen LogP contribution in [0.2, 0.25) is 0 Å². The summed E-state index contributed by atoms with van der Waals surface area (Å²) >= 11 is 0. The van der Waals surface area contributed by atoms with E-state index in [2.05, 4.69) is 10.6 Å². The van der Waals surface area contributed by atoms with Crippen molar-refractivity contribution in [3.63, 3.8) is 0 Å². The number of aliphatic hydroxyl groups excluding tert-OH is 1. The van der Waals surface area contributed by atoms with Gasteiger partial charge in [0.2, 0.25) is 5.91 Å². The summed E-state index contributed by atoms with van der Waals surface area (Å²) in [7, 11) is 1.62. The van der Waals surface area contributed by atoms with Crippen LogP contribution in [0.25, 0.3) is 5.57 Å². The molecule has 0 bridgehead atoms. The Morgan fingerprint density at radius 2 is 1.54 bits per heavy atom. The minimum atomic E-state index is -1.91. The summed E-state index contributed by atoms with van der Waals surface area (Å²) in [6, 6.07) is 16.9. The number of amides is 3. The maximum atomic E-state index is 13.6. The summed E-state index contributed by atoms with van der Waals surface area (Å²) in [6.07, 6.45) is -0.226. The van der Waals surface area contributed by atoms with Gasteiger partial charge in [0.25, 0.3) is 11.8 Å². The van der Waals surface area contributed by atoms with Gasteiger partial charge >= 0.3 is 0 Å². The average molecular weight is 534 g/mol. The van der Waals surface area contributed by atoms with Crippen molar-refractivity contribution >= 4 is 29.0 Å². The maximum absolute atomic E-state index is 13.6. The van der Waals surface area contributed by atoms with Crippen molar-refractivity contribution in [3.05, 3.63) is 107 Å². The smallest absolute Gasteiger partial charge is 0.254 e. The first-order chi connectivity index (χ1) is 18.6. The number of aliphatic hydroxyl groups is 1. The van der Waals surface area contributed by atoms with Crippen molar-refractivity contribution < 1.29 is 28.3 Å². The molecule has 9 heteroatoms. The zero-order chi connectivity index (χ0) is 28.3. The molecular weight excluding hydrogens is 504 g/mol. The SMILES string of the molecule is CC(C)C(NC(=O)C(O)c1cc(F)cc(F)c1)C(=O)NC1C=C(c2ccccc2)c2ccccc2N(C)C1=O. The van der Waals surface area contributed by atoms with Crippen LogP contribution in [0.5, 0.6) is 0 Å². The first kappa shape index (κ1) is 27.7. The number of likely N-dealkylation sites (N-methyl/N-ethyl adjacent to an activating group) is 1. The monoisotopic (exact) mass is 533 g/mol. The van der Waals surface area contributed by atoms with E-state index in [1.807, 2.05) is 54.6 Å². The second kappa shape index (κ2) is 11.6. The molecule has 3 amide bonds. The molecule has 3 atom stereocenters. The Kier molecular flexibility index (Phi) is 8.21. The first-order valence-corrected chi connectivity index (χ1v) is 12.5. The lowest BCUT2D eigenvalue weighted by atomic mass is 9.95. The molecular formula is C30H29F2N3O4. The van der Waals surface area contributed by atoms with Crippen molar-refractivity contribution in [3.8, 4) is 0 Å². The highest BCUT2D eigenvalue weighted by Crippen LogP contribution is 2.34. The summed E-state index contributed by atoms with van der Waals surface area (Å²) in [5.74, 6) is -4.39. The van der Waals surface area contributed by atoms with E-state index in [9.17, 15) is 28.3 Å². The third kappa shape index (κ3) is 6.04. The van der Waals surface area contributed by atoms with Crippen molar-refractivity contribution in [1.29, 1.82) is 0 Å². The Morgan fingerprint density at radius 1 is 0.923 bits per heavy atom. The van der Waals surface area contributed by atoms with Crippen LogP contribution in [0.1, 0.15) is 36.6 Å². The summed E-state index contributed by atoms with van der Waals surface area (Å²) in [6.45, 7) is 3.36. The minimum Gasteiger partial charge on any atom is -0.378 e. The predicted octanol–water partition coefficient (Wildman–Crippen LogP) is 3.73. The highest BCUT2D eigenvalue weighted by Gasteiger charge is 2.33. The molecule has 0 aliphatic carbocycles. The molecule has 0 aromatic heterocycles. The Morgan fingerprint density at radius 3 is 2.18 bits per heavy atom. The molecule has 1 aliphatic rings. The molecule has 0 radical (unpaired) electrons. The number of nitrogens with zero attached hydrogens (tertiary/aromatic N) is 1. The van der Waals surface area contributed by atoms with E-state index in [0.717, 1.165) is 28.8 Å². The quantitative estimate of drug-likeness (QED) is 0.431. The number of benzene rings is 3. The third-order valence-electron chi connectivity index (χ3n) is 6.56. The summed E-state index contributed by atoms with van der Waals surface area (Å²) in [5, 5.41) is 15.6. The number of anilines is 1. The van der Waals surface area contributed by atoms with E-state index in [4.69, 9.17) is 0 Å². The Bertz CT molecular complexity index is 1400. The molecule has 4 rings (SSSR count). The Hall–Kier alpha value is -4.37. The van der Waals surface area contributed by atoms with Crippen LogP contribution in [-0.2, 0) is 14.4 Å². The largest absolute Gasteiger partial charge is 0.378 e. The van der Waals surface area contributed by atoms with Crippen LogP contribution >= 0.6 is 0 Å².